The van der Waals surface area contributed by atoms with Crippen LogP contribution in [0.2, 0.25) is 0 Å². The number of sulfonamides is 1. The molecule has 2 aliphatic rings. The van der Waals surface area contributed by atoms with Crippen LogP contribution in [-0.2, 0) is 23.1 Å². The average molecular weight is 356 g/mol. The topological polar surface area (TPSA) is 40.6 Å². The van der Waals surface area contributed by atoms with Crippen LogP contribution in [0.5, 0.6) is 0 Å². The summed E-state index contributed by atoms with van der Waals surface area (Å²) in [5.41, 5.74) is 3.75. The standard InChI is InChI=1S/C20H24N2O2S/c1-21-12-10-16(11-13-21)19-9-5-6-17-14-22(15-20(17)19)25(23,24)18-7-3-2-4-8-18/h2-9,16H,10-15H2,1H3. The van der Waals surface area contributed by atoms with Crippen LogP contribution in [0.4, 0.5) is 0 Å². The zero-order valence-electron chi connectivity index (χ0n) is 14.6. The van der Waals surface area contributed by atoms with Crippen molar-refractivity contribution in [2.24, 2.45) is 0 Å². The van der Waals surface area contributed by atoms with E-state index in [2.05, 4.69) is 30.1 Å². The van der Waals surface area contributed by atoms with E-state index in [1.807, 2.05) is 6.07 Å². The normalized spacial score (nSPS) is 19.9. The number of likely N-dealkylation sites (tertiary alicyclic amines) is 1. The molecule has 2 heterocycles. The van der Waals surface area contributed by atoms with Gasteiger partial charge in [0.15, 0.2) is 0 Å². The third-order valence-electron chi connectivity index (χ3n) is 5.53. The van der Waals surface area contributed by atoms with Gasteiger partial charge in [-0.1, -0.05) is 36.4 Å². The third kappa shape index (κ3) is 3.12. The van der Waals surface area contributed by atoms with Crippen LogP contribution in [0.3, 0.4) is 0 Å². The molecule has 5 heteroatoms. The number of piperidine rings is 1. The summed E-state index contributed by atoms with van der Waals surface area (Å²) in [6, 6.07) is 15.1. The van der Waals surface area contributed by atoms with Crippen LogP contribution in [-0.4, -0.2) is 37.8 Å². The van der Waals surface area contributed by atoms with Gasteiger partial charge < -0.3 is 4.90 Å². The van der Waals surface area contributed by atoms with Gasteiger partial charge in [0.2, 0.25) is 10.0 Å². The summed E-state index contributed by atoms with van der Waals surface area (Å²) >= 11 is 0. The molecule has 0 spiro atoms. The van der Waals surface area contributed by atoms with Gasteiger partial charge in [-0.05, 0) is 67.7 Å². The predicted octanol–water partition coefficient (Wildman–Crippen LogP) is 3.20. The molecule has 1 fully saturated rings. The molecule has 0 aliphatic carbocycles. The monoisotopic (exact) mass is 356 g/mol. The van der Waals surface area contributed by atoms with Crippen LogP contribution >= 0.6 is 0 Å². The first-order valence-electron chi connectivity index (χ1n) is 8.90. The number of hydrogen-bond donors (Lipinski definition) is 0. The Morgan fingerprint density at radius 2 is 1.64 bits per heavy atom. The van der Waals surface area contributed by atoms with Gasteiger partial charge in [-0.2, -0.15) is 4.31 Å². The summed E-state index contributed by atoms with van der Waals surface area (Å²) < 4.78 is 27.5. The predicted molar refractivity (Wildman–Crippen MR) is 98.8 cm³/mol. The second kappa shape index (κ2) is 6.56. The molecular weight excluding hydrogens is 332 g/mol. The lowest BCUT2D eigenvalue weighted by atomic mass is 9.85. The van der Waals surface area contributed by atoms with Crippen molar-refractivity contribution in [3.8, 4) is 0 Å². The second-order valence-corrected chi connectivity index (χ2v) is 9.09. The van der Waals surface area contributed by atoms with Crippen molar-refractivity contribution in [1.82, 2.24) is 9.21 Å². The average Bonchev–Trinajstić information content (AvgIpc) is 3.08. The molecule has 0 unspecified atom stereocenters. The van der Waals surface area contributed by atoms with Crippen LogP contribution in [0.15, 0.2) is 53.4 Å². The Hall–Kier alpha value is -1.69. The lowest BCUT2D eigenvalue weighted by Crippen LogP contribution is -2.29. The summed E-state index contributed by atoms with van der Waals surface area (Å²) in [5.74, 6) is 0.547. The number of hydrogen-bond acceptors (Lipinski definition) is 3. The lowest BCUT2D eigenvalue weighted by molar-refractivity contribution is 0.254. The van der Waals surface area contributed by atoms with E-state index < -0.39 is 10.0 Å². The van der Waals surface area contributed by atoms with Crippen LogP contribution in [0, 0.1) is 0 Å². The molecule has 1 saturated heterocycles. The Morgan fingerprint density at radius 3 is 2.36 bits per heavy atom. The summed E-state index contributed by atoms with van der Waals surface area (Å²) in [7, 11) is -1.27. The van der Waals surface area contributed by atoms with E-state index in [1.165, 1.54) is 11.1 Å². The summed E-state index contributed by atoms with van der Waals surface area (Å²) in [4.78, 5) is 2.75. The van der Waals surface area contributed by atoms with Gasteiger partial charge in [-0.3, -0.25) is 0 Å². The number of nitrogens with zero attached hydrogens (tertiary/aromatic N) is 2. The quantitative estimate of drug-likeness (QED) is 0.848. The van der Waals surface area contributed by atoms with Gasteiger partial charge in [-0.25, -0.2) is 8.42 Å². The number of fused-ring (bicyclic) bond motifs is 1. The molecule has 4 rings (SSSR count). The van der Waals surface area contributed by atoms with Gasteiger partial charge in [0.05, 0.1) is 4.90 Å². The molecule has 0 atom stereocenters. The first-order valence-corrected chi connectivity index (χ1v) is 10.3. The molecule has 2 aromatic carbocycles. The Labute approximate surface area is 150 Å². The van der Waals surface area contributed by atoms with Crippen LogP contribution in [0.25, 0.3) is 0 Å². The van der Waals surface area contributed by atoms with Crippen molar-refractivity contribution in [3.63, 3.8) is 0 Å². The minimum absolute atomic E-state index is 0.378. The highest BCUT2D eigenvalue weighted by Crippen LogP contribution is 2.37. The van der Waals surface area contributed by atoms with Gasteiger partial charge in [0.25, 0.3) is 0 Å². The smallest absolute Gasteiger partial charge is 0.243 e. The summed E-state index contributed by atoms with van der Waals surface area (Å²) in [6.45, 7) is 3.20. The van der Waals surface area contributed by atoms with Crippen LogP contribution in [0.1, 0.15) is 35.4 Å². The molecule has 0 bridgehead atoms. The number of rotatable bonds is 3. The highest BCUT2D eigenvalue weighted by Gasteiger charge is 2.33. The SMILES string of the molecule is CN1CCC(c2cccc3c2CN(S(=O)(=O)c2ccccc2)C3)CC1. The molecule has 25 heavy (non-hydrogen) atoms. The molecular formula is C20H24N2O2S. The third-order valence-corrected chi connectivity index (χ3v) is 7.34. The molecule has 0 aromatic heterocycles. The van der Waals surface area contributed by atoms with Gasteiger partial charge in [-0.15, -0.1) is 0 Å². The summed E-state index contributed by atoms with van der Waals surface area (Å²) in [6.07, 6.45) is 2.30. The first-order chi connectivity index (χ1) is 12.1. The maximum absolute atomic E-state index is 13.0. The van der Waals surface area contributed by atoms with E-state index in [0.717, 1.165) is 31.5 Å². The highest BCUT2D eigenvalue weighted by molar-refractivity contribution is 7.89. The van der Waals surface area contributed by atoms with E-state index >= 15 is 0 Å². The fourth-order valence-corrected chi connectivity index (χ4v) is 5.44. The molecule has 2 aromatic rings. The van der Waals surface area contributed by atoms with Crippen molar-refractivity contribution < 1.29 is 8.42 Å². The van der Waals surface area contributed by atoms with Gasteiger partial charge >= 0.3 is 0 Å². The minimum atomic E-state index is -3.44. The molecule has 0 radical (unpaired) electrons. The van der Waals surface area contributed by atoms with E-state index in [0.29, 0.717) is 23.9 Å². The first kappa shape index (κ1) is 16.8. The maximum Gasteiger partial charge on any atom is 0.243 e. The Balaban J connectivity index is 1.62. The van der Waals surface area contributed by atoms with Gasteiger partial charge in [0.1, 0.15) is 0 Å². The molecule has 132 valence electrons. The Bertz CT molecular complexity index is 857. The molecule has 0 saturated carbocycles. The van der Waals surface area contributed by atoms with Crippen molar-refractivity contribution in [3.05, 3.63) is 65.2 Å². The number of benzene rings is 2. The van der Waals surface area contributed by atoms with Crippen molar-refractivity contribution in [2.45, 2.75) is 36.7 Å². The molecule has 4 nitrogen and oxygen atoms in total. The summed E-state index contributed by atoms with van der Waals surface area (Å²) in [5, 5.41) is 0. The minimum Gasteiger partial charge on any atom is -0.306 e. The van der Waals surface area contributed by atoms with Crippen molar-refractivity contribution in [2.75, 3.05) is 20.1 Å². The largest absolute Gasteiger partial charge is 0.306 e. The maximum atomic E-state index is 13.0. The van der Waals surface area contributed by atoms with Crippen LogP contribution < -0.4 is 0 Å². The molecule has 2 aliphatic heterocycles. The van der Waals surface area contributed by atoms with Crippen molar-refractivity contribution >= 4 is 10.0 Å². The Kier molecular flexibility index (Phi) is 4.40. The lowest BCUT2D eigenvalue weighted by Gasteiger charge is -2.30. The van der Waals surface area contributed by atoms with E-state index in [-0.39, 0.29) is 0 Å². The fourth-order valence-electron chi connectivity index (χ4n) is 4.03. The van der Waals surface area contributed by atoms with Gasteiger partial charge in [0, 0.05) is 13.1 Å². The second-order valence-electron chi connectivity index (χ2n) is 7.15. The van der Waals surface area contributed by atoms with E-state index in [4.69, 9.17) is 0 Å². The fraction of sp³-hybridized carbons (Fsp3) is 0.400. The van der Waals surface area contributed by atoms with E-state index in [9.17, 15) is 8.42 Å². The van der Waals surface area contributed by atoms with E-state index in [1.54, 1.807) is 28.6 Å². The zero-order chi connectivity index (χ0) is 17.4. The van der Waals surface area contributed by atoms with Crippen molar-refractivity contribution in [1.29, 1.82) is 0 Å². The highest BCUT2D eigenvalue weighted by atomic mass is 32.2. The zero-order valence-corrected chi connectivity index (χ0v) is 15.4. The molecule has 0 amide bonds. The molecule has 0 N–H and O–H groups in total. The Morgan fingerprint density at radius 1 is 0.920 bits per heavy atom.